The third-order valence-electron chi connectivity index (χ3n) is 1.78. The van der Waals surface area contributed by atoms with E-state index >= 15 is 0 Å². The molecule has 0 saturated heterocycles. The van der Waals surface area contributed by atoms with Crippen molar-refractivity contribution in [2.45, 2.75) is 26.4 Å². The molecule has 1 rings (SSSR count). The zero-order chi connectivity index (χ0) is 13.8. The number of nitrogens with one attached hydrogen (secondary N) is 1. The summed E-state index contributed by atoms with van der Waals surface area (Å²) in [6.45, 7) is 5.36. The zero-order valence-corrected chi connectivity index (χ0v) is 12.1. The lowest BCUT2D eigenvalue weighted by atomic mass is 10.2. The van der Waals surface area contributed by atoms with E-state index in [0.29, 0.717) is 5.69 Å². The summed E-state index contributed by atoms with van der Waals surface area (Å²) < 4.78 is 5.17. The van der Waals surface area contributed by atoms with Crippen LogP contribution in [0.5, 0.6) is 0 Å². The smallest absolute Gasteiger partial charge is 0.357 e. The van der Waals surface area contributed by atoms with Gasteiger partial charge in [0.15, 0.2) is 0 Å². The Morgan fingerprint density at radius 3 is 2.50 bits per heavy atom. The average Bonchev–Trinajstić information content (AvgIpc) is 2.27. The molecule has 6 heteroatoms. The molecule has 0 aliphatic rings. The summed E-state index contributed by atoms with van der Waals surface area (Å²) in [5, 5.41) is 2.81. The number of hydrogen-bond donors (Lipinski definition) is 1. The fraction of sp³-hybridized carbons (Fsp3) is 0.417. The first-order valence-electron chi connectivity index (χ1n) is 5.37. The molecule has 0 fully saturated rings. The first-order chi connectivity index (χ1) is 8.31. The second-order valence-electron chi connectivity index (χ2n) is 4.62. The van der Waals surface area contributed by atoms with Crippen molar-refractivity contribution < 1.29 is 14.3 Å². The van der Waals surface area contributed by atoms with E-state index in [2.05, 4.69) is 26.2 Å². The van der Waals surface area contributed by atoms with Gasteiger partial charge in [-0.25, -0.2) is 9.78 Å². The van der Waals surface area contributed by atoms with Crippen LogP contribution in [0, 0.1) is 0 Å². The molecular weight excluding hydrogens is 300 g/mol. The van der Waals surface area contributed by atoms with Crippen molar-refractivity contribution in [1.82, 2.24) is 4.98 Å². The lowest BCUT2D eigenvalue weighted by Crippen LogP contribution is -2.24. The molecule has 0 spiro atoms. The van der Waals surface area contributed by atoms with Crippen LogP contribution in [-0.2, 0) is 9.53 Å². The highest BCUT2D eigenvalue weighted by atomic mass is 79.9. The fourth-order valence-electron chi connectivity index (χ4n) is 1.11. The molecule has 98 valence electrons. The van der Waals surface area contributed by atoms with Gasteiger partial charge >= 0.3 is 5.97 Å². The molecule has 0 aliphatic carbocycles. The van der Waals surface area contributed by atoms with Gasteiger partial charge in [-0.2, -0.15) is 0 Å². The second-order valence-corrected chi connectivity index (χ2v) is 5.18. The number of aromatic nitrogens is 1. The van der Waals surface area contributed by atoms with E-state index in [4.69, 9.17) is 4.74 Å². The topological polar surface area (TPSA) is 68.3 Å². The summed E-state index contributed by atoms with van der Waals surface area (Å²) in [4.78, 5) is 26.7. The lowest BCUT2D eigenvalue weighted by molar-refractivity contribution is -0.113. The molecule has 5 nitrogen and oxygen atoms in total. The van der Waals surface area contributed by atoms with E-state index in [9.17, 15) is 9.59 Å². The predicted octanol–water partition coefficient (Wildman–Crippen LogP) is 2.37. The first kappa shape index (κ1) is 14.6. The van der Waals surface area contributed by atoms with Crippen LogP contribution in [0.25, 0.3) is 0 Å². The van der Waals surface area contributed by atoms with Gasteiger partial charge in [0.05, 0.1) is 17.2 Å². The van der Waals surface area contributed by atoms with Gasteiger partial charge < -0.3 is 10.1 Å². The molecule has 1 amide bonds. The number of rotatable bonds is 3. The number of nitrogens with zero attached hydrogens (tertiary/aromatic N) is 1. The number of alkyl halides is 1. The summed E-state index contributed by atoms with van der Waals surface area (Å²) in [6, 6.07) is 3.12. The number of carbonyl (C=O) groups excluding carboxylic acids is 2. The summed E-state index contributed by atoms with van der Waals surface area (Å²) in [7, 11) is 0. The van der Waals surface area contributed by atoms with Crippen LogP contribution < -0.4 is 5.32 Å². The minimum Gasteiger partial charge on any atom is -0.455 e. The number of hydrogen-bond acceptors (Lipinski definition) is 4. The van der Waals surface area contributed by atoms with Gasteiger partial charge in [0.25, 0.3) is 0 Å². The Labute approximate surface area is 114 Å². The molecular formula is C12H15BrN2O3. The maximum absolute atomic E-state index is 11.7. The van der Waals surface area contributed by atoms with Crippen LogP contribution in [0.1, 0.15) is 31.3 Å². The number of ether oxygens (including phenoxy) is 1. The Kier molecular flexibility index (Phi) is 4.84. The van der Waals surface area contributed by atoms with Crippen molar-refractivity contribution >= 4 is 33.5 Å². The summed E-state index contributed by atoms with van der Waals surface area (Å²) in [6.07, 6.45) is 1.42. The van der Waals surface area contributed by atoms with Crippen molar-refractivity contribution in [2.75, 3.05) is 10.6 Å². The van der Waals surface area contributed by atoms with Gasteiger partial charge in [-0.3, -0.25) is 4.79 Å². The predicted molar refractivity (Wildman–Crippen MR) is 71.8 cm³/mol. The van der Waals surface area contributed by atoms with Crippen molar-refractivity contribution in [1.29, 1.82) is 0 Å². The van der Waals surface area contributed by atoms with Gasteiger partial charge in [-0.15, -0.1) is 0 Å². The molecule has 0 radical (unpaired) electrons. The van der Waals surface area contributed by atoms with E-state index in [1.807, 2.05) is 0 Å². The number of anilines is 1. The van der Waals surface area contributed by atoms with E-state index in [0.717, 1.165) is 0 Å². The van der Waals surface area contributed by atoms with Crippen molar-refractivity contribution in [3.63, 3.8) is 0 Å². The van der Waals surface area contributed by atoms with E-state index in [-0.39, 0.29) is 16.9 Å². The van der Waals surface area contributed by atoms with Crippen molar-refractivity contribution in [3.8, 4) is 0 Å². The number of amides is 1. The van der Waals surface area contributed by atoms with E-state index in [1.54, 1.807) is 26.8 Å². The van der Waals surface area contributed by atoms with Crippen molar-refractivity contribution in [2.24, 2.45) is 0 Å². The third-order valence-corrected chi connectivity index (χ3v) is 2.29. The molecule has 0 bridgehead atoms. The fourth-order valence-corrected chi connectivity index (χ4v) is 1.25. The number of pyridine rings is 1. The number of halogens is 1. The Hall–Kier alpha value is -1.43. The summed E-state index contributed by atoms with van der Waals surface area (Å²) >= 11 is 3.04. The van der Waals surface area contributed by atoms with E-state index in [1.165, 1.54) is 12.3 Å². The SMILES string of the molecule is CC(C)(C)OC(=O)c1ccc(NC(=O)CBr)cn1. The molecule has 1 N–H and O–H groups in total. The highest BCUT2D eigenvalue weighted by Gasteiger charge is 2.18. The summed E-state index contributed by atoms with van der Waals surface area (Å²) in [5.41, 5.74) is 0.190. The average molecular weight is 315 g/mol. The van der Waals surface area contributed by atoms with Crippen LogP contribution in [0.2, 0.25) is 0 Å². The highest BCUT2D eigenvalue weighted by Crippen LogP contribution is 2.12. The van der Waals surface area contributed by atoms with Crippen LogP contribution in [0.4, 0.5) is 5.69 Å². The molecule has 0 saturated carbocycles. The van der Waals surface area contributed by atoms with Gasteiger partial charge in [-0.05, 0) is 32.9 Å². The van der Waals surface area contributed by atoms with Crippen LogP contribution in [0.3, 0.4) is 0 Å². The Morgan fingerprint density at radius 2 is 2.06 bits per heavy atom. The molecule has 1 aromatic rings. The lowest BCUT2D eigenvalue weighted by Gasteiger charge is -2.19. The van der Waals surface area contributed by atoms with Crippen molar-refractivity contribution in [3.05, 3.63) is 24.0 Å². The normalized spacial score (nSPS) is 10.9. The Morgan fingerprint density at radius 1 is 1.39 bits per heavy atom. The Bertz CT molecular complexity index is 438. The second kappa shape index (κ2) is 5.95. The molecule has 18 heavy (non-hydrogen) atoms. The van der Waals surface area contributed by atoms with Gasteiger partial charge in [-0.1, -0.05) is 15.9 Å². The van der Waals surface area contributed by atoms with Gasteiger partial charge in [0.1, 0.15) is 11.3 Å². The van der Waals surface area contributed by atoms with Crippen LogP contribution in [-0.4, -0.2) is 27.8 Å². The monoisotopic (exact) mass is 314 g/mol. The molecule has 0 aliphatic heterocycles. The van der Waals surface area contributed by atoms with Gasteiger partial charge in [0, 0.05) is 0 Å². The first-order valence-corrected chi connectivity index (χ1v) is 6.49. The van der Waals surface area contributed by atoms with Gasteiger partial charge in [0.2, 0.25) is 5.91 Å². The minimum absolute atomic E-state index is 0.179. The molecule has 1 heterocycles. The highest BCUT2D eigenvalue weighted by molar-refractivity contribution is 9.09. The Balaban J connectivity index is 2.71. The largest absolute Gasteiger partial charge is 0.455 e. The maximum Gasteiger partial charge on any atom is 0.357 e. The number of esters is 1. The zero-order valence-electron chi connectivity index (χ0n) is 10.5. The molecule has 0 unspecified atom stereocenters. The molecule has 0 aromatic carbocycles. The number of carbonyl (C=O) groups is 2. The van der Waals surface area contributed by atoms with Crippen LogP contribution in [0.15, 0.2) is 18.3 Å². The standard InChI is InChI=1S/C12H15BrN2O3/c1-12(2,3)18-11(17)9-5-4-8(7-14-9)15-10(16)6-13/h4-5,7H,6H2,1-3H3,(H,15,16). The van der Waals surface area contributed by atoms with Crippen LogP contribution >= 0.6 is 15.9 Å². The summed E-state index contributed by atoms with van der Waals surface area (Å²) in [5.74, 6) is -0.664. The third kappa shape index (κ3) is 4.83. The quantitative estimate of drug-likeness (QED) is 0.687. The molecule has 0 atom stereocenters. The minimum atomic E-state index is -0.554. The molecule has 1 aromatic heterocycles. The van der Waals surface area contributed by atoms with E-state index < -0.39 is 11.6 Å². The maximum atomic E-state index is 11.7.